The van der Waals surface area contributed by atoms with Crippen LogP contribution in [0.25, 0.3) is 43.2 Å². The number of thiophene rings is 1. The summed E-state index contributed by atoms with van der Waals surface area (Å²) in [5.74, 6) is 0.841. The number of hydrogen-bond donors (Lipinski definition) is 2. The molecule has 4 bridgehead atoms. The molecule has 6 heterocycles. The van der Waals surface area contributed by atoms with Crippen molar-refractivity contribution in [1.82, 2.24) is 29.7 Å². The van der Waals surface area contributed by atoms with E-state index < -0.39 is 18.2 Å². The molecule has 1 saturated heterocycles. The number of aliphatic hydroxyl groups is 1. The molecule has 17 heteroatoms. The van der Waals surface area contributed by atoms with E-state index in [0.29, 0.717) is 84.1 Å². The number of piperazine rings is 1. The van der Waals surface area contributed by atoms with Gasteiger partial charge in [-0.1, -0.05) is 41.9 Å². The van der Waals surface area contributed by atoms with Crippen molar-refractivity contribution in [3.8, 4) is 61.8 Å². The van der Waals surface area contributed by atoms with Crippen molar-refractivity contribution in [2.45, 2.75) is 38.6 Å². The van der Waals surface area contributed by atoms with Gasteiger partial charge in [0.1, 0.15) is 59.3 Å². The lowest BCUT2D eigenvalue weighted by Crippen LogP contribution is -2.50. The van der Waals surface area contributed by atoms with Crippen LogP contribution in [0.3, 0.4) is 0 Å². The van der Waals surface area contributed by atoms with E-state index >= 15 is 0 Å². The van der Waals surface area contributed by atoms with Crippen LogP contribution >= 0.6 is 22.9 Å². The first-order valence-corrected chi connectivity index (χ1v) is 23.1. The molecule has 3 aliphatic heterocycles. The Balaban J connectivity index is 1.11. The van der Waals surface area contributed by atoms with E-state index in [9.17, 15) is 19.4 Å². The van der Waals surface area contributed by atoms with Crippen LogP contribution in [0.2, 0.25) is 5.02 Å². The second kappa shape index (κ2) is 20.6. The lowest BCUT2D eigenvalue weighted by Gasteiger charge is -2.36. The monoisotopic (exact) mass is 946 g/mol. The maximum Gasteiger partial charge on any atom is 0.345 e. The quantitative estimate of drug-likeness (QED) is 0.120. The predicted molar refractivity (Wildman–Crippen MR) is 253 cm³/mol. The number of aromatic nitrogens is 4. The van der Waals surface area contributed by atoms with E-state index in [2.05, 4.69) is 24.8 Å². The second-order valence-electron chi connectivity index (χ2n) is 16.3. The molecule has 3 aliphatic rings. The highest BCUT2D eigenvalue weighted by Gasteiger charge is 2.30. The molecule has 3 aromatic heterocycles. The van der Waals surface area contributed by atoms with Crippen molar-refractivity contribution in [3.05, 3.63) is 125 Å². The van der Waals surface area contributed by atoms with Crippen molar-refractivity contribution in [2.75, 3.05) is 59.6 Å². The molecule has 2 N–H and O–H groups in total. The molecule has 4 aromatic carbocycles. The summed E-state index contributed by atoms with van der Waals surface area (Å²) in [6, 6.07) is 24.4. The van der Waals surface area contributed by atoms with Gasteiger partial charge in [-0.3, -0.25) is 4.90 Å². The first-order valence-electron chi connectivity index (χ1n) is 21.9. The number of carbonyl (C=O) groups is 1. The third-order valence-corrected chi connectivity index (χ3v) is 13.5. The van der Waals surface area contributed by atoms with Gasteiger partial charge < -0.3 is 38.8 Å². The number of aliphatic carboxylic acids is 1. The summed E-state index contributed by atoms with van der Waals surface area (Å²) in [5.41, 5.74) is 4.58. The van der Waals surface area contributed by atoms with Gasteiger partial charge in [0.15, 0.2) is 5.82 Å². The van der Waals surface area contributed by atoms with Crippen LogP contribution in [0.4, 0.5) is 4.39 Å². The van der Waals surface area contributed by atoms with Gasteiger partial charge >= 0.3 is 5.97 Å². The normalized spacial score (nSPS) is 16.7. The highest BCUT2D eigenvalue weighted by Crippen LogP contribution is 2.50. The Kier molecular flexibility index (Phi) is 14.1. The summed E-state index contributed by atoms with van der Waals surface area (Å²) < 4.78 is 46.0. The highest BCUT2D eigenvalue weighted by atomic mass is 35.5. The van der Waals surface area contributed by atoms with Crippen LogP contribution in [-0.2, 0) is 17.8 Å². The number of carboxylic acid groups (broad SMARTS) is 1. The molecule has 0 amide bonds. The van der Waals surface area contributed by atoms with Crippen molar-refractivity contribution >= 4 is 39.1 Å². The number of ether oxygens (including phenoxy) is 5. The third-order valence-electron chi connectivity index (χ3n) is 11.9. The first kappa shape index (κ1) is 45.7. The molecule has 10 rings (SSSR count). The van der Waals surface area contributed by atoms with Crippen LogP contribution < -0.4 is 23.7 Å². The summed E-state index contributed by atoms with van der Waals surface area (Å²) in [4.78, 5) is 37.6. The van der Waals surface area contributed by atoms with Gasteiger partial charge in [0, 0.05) is 74.5 Å². The van der Waals surface area contributed by atoms with E-state index in [1.54, 1.807) is 49.7 Å². The number of fused-ring (bicyclic) bond motifs is 7. The summed E-state index contributed by atoms with van der Waals surface area (Å²) in [6.45, 7) is 6.91. The molecule has 346 valence electrons. The molecule has 14 nitrogen and oxygen atoms in total. The van der Waals surface area contributed by atoms with E-state index in [0.717, 1.165) is 49.6 Å². The number of halogens is 2. The molecule has 7 aromatic rings. The van der Waals surface area contributed by atoms with E-state index in [4.69, 9.17) is 40.3 Å². The zero-order chi connectivity index (χ0) is 46.4. The molecule has 0 spiro atoms. The fourth-order valence-corrected chi connectivity index (χ4v) is 9.76. The lowest BCUT2D eigenvalue weighted by atomic mass is 9.96. The Hall–Kier alpha value is -6.43. The SMILES string of the molecule is COc1ccccc1-c1nccc(COc2ccc3cc2C[C@H](C(=O)O)Oc2ncnc4sc(-c5ccc(F)cc5)c(c24)-c2ccc(c(Cl)c2C)O[C@H](CN2CCN(CCCO)CC2)CO3)n1. The molecular formula is C50H48ClFN6O8S. The van der Waals surface area contributed by atoms with Gasteiger partial charge in [0.2, 0.25) is 12.0 Å². The number of nitrogens with zero attached hydrogens (tertiary/aromatic N) is 6. The van der Waals surface area contributed by atoms with Crippen molar-refractivity contribution in [3.63, 3.8) is 0 Å². The molecule has 2 atom stereocenters. The molecule has 67 heavy (non-hydrogen) atoms. The van der Waals surface area contributed by atoms with Crippen LogP contribution in [-0.4, -0.2) is 118 Å². The van der Waals surface area contributed by atoms with Gasteiger partial charge in [0.05, 0.1) is 28.8 Å². The molecular weight excluding hydrogens is 899 g/mol. The Morgan fingerprint density at radius 1 is 0.940 bits per heavy atom. The molecule has 0 aliphatic carbocycles. The standard InChI is InChI=1S/C50H48ClFN6O8S/c1-30-37-13-15-41(45(30)51)65-36(26-58-21-19-57(20-22-58)18-5-23-59)28-63-35-12-14-39(64-27-34-16-17-53-47(56-34)38-6-3-4-7-40(38)62-2)32(24-35)25-42(50(60)61)66-48-44-43(37)46(67-49(44)55-29-54-48)31-8-10-33(52)11-9-31/h3-4,6-17,24,29,36,42,59H,5,18-23,25-28H2,1-2H3,(H,60,61)/t36-,42-/m1/s1. The minimum Gasteiger partial charge on any atom is -0.496 e. The summed E-state index contributed by atoms with van der Waals surface area (Å²) in [5, 5.41) is 21.1. The van der Waals surface area contributed by atoms with Gasteiger partial charge in [0.25, 0.3) is 0 Å². The number of hydrogen-bond acceptors (Lipinski definition) is 14. The molecule has 1 fully saturated rings. The molecule has 0 radical (unpaired) electrons. The van der Waals surface area contributed by atoms with Gasteiger partial charge in [-0.05, 0) is 84.6 Å². The van der Waals surface area contributed by atoms with Gasteiger partial charge in [-0.25, -0.2) is 29.1 Å². The number of aliphatic hydroxyl groups excluding tert-OH is 1. The molecule has 0 saturated carbocycles. The maximum absolute atomic E-state index is 14.3. The Morgan fingerprint density at radius 3 is 2.54 bits per heavy atom. The second-order valence-corrected chi connectivity index (χ2v) is 17.6. The van der Waals surface area contributed by atoms with Crippen molar-refractivity contribution < 1.29 is 43.1 Å². The fraction of sp³-hybridized carbons (Fsp3) is 0.300. The Bertz CT molecular complexity index is 2880. The maximum atomic E-state index is 14.3. The van der Waals surface area contributed by atoms with Gasteiger partial charge in [-0.2, -0.15) is 0 Å². The Labute approximate surface area is 395 Å². The minimum atomic E-state index is -1.45. The summed E-state index contributed by atoms with van der Waals surface area (Å²) in [7, 11) is 1.59. The third kappa shape index (κ3) is 10.3. The van der Waals surface area contributed by atoms with Crippen LogP contribution in [0.5, 0.6) is 28.9 Å². The smallest absolute Gasteiger partial charge is 0.345 e. The number of methoxy groups -OCH3 is 1. The van der Waals surface area contributed by atoms with Crippen molar-refractivity contribution in [2.24, 2.45) is 0 Å². The van der Waals surface area contributed by atoms with E-state index in [-0.39, 0.29) is 37.9 Å². The van der Waals surface area contributed by atoms with Gasteiger partial charge in [-0.15, -0.1) is 11.3 Å². The van der Waals surface area contributed by atoms with Crippen LogP contribution in [0, 0.1) is 12.7 Å². The summed E-state index contributed by atoms with van der Waals surface area (Å²) in [6.07, 6.45) is 1.63. The predicted octanol–water partition coefficient (Wildman–Crippen LogP) is 8.39. The topological polar surface area (TPSA) is 162 Å². The first-order chi connectivity index (χ1) is 32.6. The molecule has 0 unspecified atom stereocenters. The number of para-hydroxylation sites is 1. The fourth-order valence-electron chi connectivity index (χ4n) is 8.40. The van der Waals surface area contributed by atoms with Crippen LogP contribution in [0.15, 0.2) is 97.5 Å². The lowest BCUT2D eigenvalue weighted by molar-refractivity contribution is -0.145. The average Bonchev–Trinajstić information content (AvgIpc) is 3.74. The van der Waals surface area contributed by atoms with Crippen molar-refractivity contribution in [1.29, 1.82) is 0 Å². The van der Waals surface area contributed by atoms with E-state index in [1.165, 1.54) is 29.8 Å². The number of carboxylic acids is 1. The largest absolute Gasteiger partial charge is 0.496 e. The minimum absolute atomic E-state index is 0.0357. The summed E-state index contributed by atoms with van der Waals surface area (Å²) >= 11 is 8.61. The zero-order valence-electron chi connectivity index (χ0n) is 36.9. The number of rotatable bonds is 12. The van der Waals surface area contributed by atoms with Crippen LogP contribution in [0.1, 0.15) is 23.2 Å². The Morgan fingerprint density at radius 2 is 1.75 bits per heavy atom. The average molecular weight is 947 g/mol. The number of benzene rings is 4. The zero-order valence-corrected chi connectivity index (χ0v) is 38.4. The van der Waals surface area contributed by atoms with E-state index in [1.807, 2.05) is 43.3 Å². The highest BCUT2D eigenvalue weighted by molar-refractivity contribution is 7.22.